The van der Waals surface area contributed by atoms with Gasteiger partial charge in [-0.3, -0.25) is 4.79 Å². The Kier molecular flexibility index (Phi) is 5.54. The number of anilines is 2. The molecule has 2 heterocycles. The van der Waals surface area contributed by atoms with Crippen LogP contribution in [0.3, 0.4) is 0 Å². The van der Waals surface area contributed by atoms with Crippen LogP contribution in [-0.4, -0.2) is 26.9 Å². The average molecular weight is 393 g/mol. The number of halogens is 1. The molecule has 0 fully saturated rings. The molecule has 3 rings (SSSR count). The predicted molar refractivity (Wildman–Crippen MR) is 108 cm³/mol. The Labute approximate surface area is 167 Å². The molecule has 0 radical (unpaired) electrons. The van der Waals surface area contributed by atoms with Crippen LogP contribution in [-0.2, 0) is 0 Å². The number of carbonyl (C=O) groups excluding carboxylic acids is 1. The van der Waals surface area contributed by atoms with Crippen molar-refractivity contribution in [3.05, 3.63) is 53.2 Å². The maximum absolute atomic E-state index is 14.3. The number of hydrogen-bond acceptors (Lipinski definition) is 7. The number of nitrogen functional groups attached to an aromatic ring is 1. The van der Waals surface area contributed by atoms with Crippen LogP contribution in [0.5, 0.6) is 0 Å². The van der Waals surface area contributed by atoms with Gasteiger partial charge in [0.15, 0.2) is 0 Å². The molecule has 0 aliphatic heterocycles. The second kappa shape index (κ2) is 8.06. The molecule has 1 unspecified atom stereocenters. The van der Waals surface area contributed by atoms with Crippen molar-refractivity contribution in [2.24, 2.45) is 0 Å². The first-order valence-electron chi connectivity index (χ1n) is 8.99. The van der Waals surface area contributed by atoms with E-state index < -0.39 is 11.9 Å². The van der Waals surface area contributed by atoms with E-state index in [4.69, 9.17) is 5.73 Å². The van der Waals surface area contributed by atoms with E-state index in [1.807, 2.05) is 19.9 Å². The Morgan fingerprint density at radius 3 is 2.72 bits per heavy atom. The minimum Gasteiger partial charge on any atom is -0.382 e. The fraction of sp³-hybridized carbons (Fsp3) is 0.250. The van der Waals surface area contributed by atoms with Gasteiger partial charge >= 0.3 is 0 Å². The van der Waals surface area contributed by atoms with E-state index in [0.717, 1.165) is 0 Å². The molecule has 9 heteroatoms. The van der Waals surface area contributed by atoms with E-state index in [1.54, 1.807) is 19.1 Å². The second-order valence-corrected chi connectivity index (χ2v) is 6.82. The lowest BCUT2D eigenvalue weighted by atomic mass is 10.0. The molecule has 0 bridgehead atoms. The number of rotatable bonds is 5. The van der Waals surface area contributed by atoms with Gasteiger partial charge in [-0.2, -0.15) is 5.26 Å². The van der Waals surface area contributed by atoms with Crippen molar-refractivity contribution in [1.82, 2.24) is 20.3 Å². The van der Waals surface area contributed by atoms with Gasteiger partial charge in [0.05, 0.1) is 22.8 Å². The highest BCUT2D eigenvalue weighted by Crippen LogP contribution is 2.27. The molecule has 0 aliphatic rings. The van der Waals surface area contributed by atoms with E-state index in [9.17, 15) is 14.4 Å². The Balaban J connectivity index is 2.10. The summed E-state index contributed by atoms with van der Waals surface area (Å²) >= 11 is 0. The molecule has 1 amide bonds. The molecule has 8 nitrogen and oxygen atoms in total. The lowest BCUT2D eigenvalue weighted by Crippen LogP contribution is -2.32. The Morgan fingerprint density at radius 1 is 1.28 bits per heavy atom. The summed E-state index contributed by atoms with van der Waals surface area (Å²) < 4.78 is 14.3. The number of pyridine rings is 1. The van der Waals surface area contributed by atoms with Gasteiger partial charge in [-0.25, -0.2) is 19.3 Å². The summed E-state index contributed by atoms with van der Waals surface area (Å²) in [5, 5.41) is 15.4. The third-order valence-electron chi connectivity index (χ3n) is 4.25. The number of benzene rings is 1. The first-order valence-corrected chi connectivity index (χ1v) is 8.99. The monoisotopic (exact) mass is 393 g/mol. The van der Waals surface area contributed by atoms with Crippen LogP contribution in [0.4, 0.5) is 16.0 Å². The van der Waals surface area contributed by atoms with Crippen LogP contribution in [0.1, 0.15) is 48.4 Å². The van der Waals surface area contributed by atoms with Crippen LogP contribution in [0.2, 0.25) is 0 Å². The number of nitrogens with two attached hydrogens (primary N) is 1. The summed E-state index contributed by atoms with van der Waals surface area (Å²) in [5.41, 5.74) is 6.87. The fourth-order valence-corrected chi connectivity index (χ4v) is 2.92. The normalized spacial score (nSPS) is 11.9. The van der Waals surface area contributed by atoms with Crippen molar-refractivity contribution in [1.29, 1.82) is 5.26 Å². The van der Waals surface area contributed by atoms with Crippen molar-refractivity contribution in [3.63, 3.8) is 0 Å². The van der Waals surface area contributed by atoms with Gasteiger partial charge in [-0.1, -0.05) is 6.07 Å². The van der Waals surface area contributed by atoms with Gasteiger partial charge in [-0.15, -0.1) is 0 Å². The standard InChI is InChI=1S/C20H20FN7O/c1-10(2)26-20(29)13-7-12-15(21)5-4-6-16(12)28-17(13)11(3)27-19-14(8-22)18(23)24-9-25-19/h4-7,9-11H,1-3H3,(H,26,29)(H3,23,24,25,27). The van der Waals surface area contributed by atoms with Crippen LogP contribution in [0.15, 0.2) is 30.6 Å². The van der Waals surface area contributed by atoms with Crippen LogP contribution in [0, 0.1) is 17.1 Å². The zero-order chi connectivity index (χ0) is 21.1. The number of nitrogens with one attached hydrogen (secondary N) is 2. The van der Waals surface area contributed by atoms with Gasteiger partial charge in [0.1, 0.15) is 35.4 Å². The van der Waals surface area contributed by atoms with E-state index in [-0.39, 0.29) is 40.1 Å². The van der Waals surface area contributed by atoms with Gasteiger partial charge in [0, 0.05) is 11.4 Å². The molecular weight excluding hydrogens is 373 g/mol. The summed E-state index contributed by atoms with van der Waals surface area (Å²) in [5.74, 6) is -0.563. The molecule has 0 aliphatic carbocycles. The van der Waals surface area contributed by atoms with E-state index in [2.05, 4.69) is 25.6 Å². The molecule has 2 aromatic heterocycles. The van der Waals surface area contributed by atoms with Crippen molar-refractivity contribution < 1.29 is 9.18 Å². The molecule has 0 saturated heterocycles. The van der Waals surface area contributed by atoms with Crippen molar-refractivity contribution in [2.75, 3.05) is 11.1 Å². The zero-order valence-corrected chi connectivity index (χ0v) is 16.2. The third-order valence-corrected chi connectivity index (χ3v) is 4.25. The molecule has 3 aromatic rings. The maximum Gasteiger partial charge on any atom is 0.253 e. The molecule has 148 valence electrons. The number of amides is 1. The summed E-state index contributed by atoms with van der Waals surface area (Å²) in [7, 11) is 0. The van der Waals surface area contributed by atoms with E-state index in [0.29, 0.717) is 11.2 Å². The van der Waals surface area contributed by atoms with Crippen LogP contribution < -0.4 is 16.4 Å². The SMILES string of the molecule is CC(C)NC(=O)c1cc2c(F)cccc2nc1C(C)Nc1ncnc(N)c1C#N. The van der Waals surface area contributed by atoms with E-state index >= 15 is 0 Å². The molecule has 1 atom stereocenters. The van der Waals surface area contributed by atoms with Crippen LogP contribution in [0.25, 0.3) is 10.9 Å². The predicted octanol–water partition coefficient (Wildman–Crippen LogP) is 2.93. The van der Waals surface area contributed by atoms with Crippen molar-refractivity contribution in [3.8, 4) is 6.07 Å². The number of nitrogens with zero attached hydrogens (tertiary/aromatic N) is 4. The highest BCUT2D eigenvalue weighted by atomic mass is 19.1. The summed E-state index contributed by atoms with van der Waals surface area (Å²) in [6, 6.07) is 7.35. The quantitative estimate of drug-likeness (QED) is 0.607. The van der Waals surface area contributed by atoms with Gasteiger partial charge in [0.2, 0.25) is 0 Å². The average Bonchev–Trinajstić information content (AvgIpc) is 2.67. The van der Waals surface area contributed by atoms with Crippen molar-refractivity contribution in [2.45, 2.75) is 32.9 Å². The summed E-state index contributed by atoms with van der Waals surface area (Å²) in [6.07, 6.45) is 1.24. The van der Waals surface area contributed by atoms with E-state index in [1.165, 1.54) is 18.5 Å². The first-order chi connectivity index (χ1) is 13.8. The highest BCUT2D eigenvalue weighted by Gasteiger charge is 2.22. The minimum absolute atomic E-state index is 0.0449. The second-order valence-electron chi connectivity index (χ2n) is 6.82. The van der Waals surface area contributed by atoms with Gasteiger partial charge in [-0.05, 0) is 39.0 Å². The zero-order valence-electron chi connectivity index (χ0n) is 16.2. The number of nitriles is 1. The van der Waals surface area contributed by atoms with Crippen molar-refractivity contribution >= 4 is 28.4 Å². The minimum atomic E-state index is -0.531. The number of hydrogen-bond donors (Lipinski definition) is 3. The molecule has 4 N–H and O–H groups in total. The third kappa shape index (κ3) is 4.06. The molecule has 1 aromatic carbocycles. The van der Waals surface area contributed by atoms with Gasteiger partial charge in [0.25, 0.3) is 5.91 Å². The summed E-state index contributed by atoms with van der Waals surface area (Å²) in [6.45, 7) is 5.42. The molecule has 0 saturated carbocycles. The molecule has 0 spiro atoms. The lowest BCUT2D eigenvalue weighted by molar-refractivity contribution is 0.0941. The number of fused-ring (bicyclic) bond motifs is 1. The topological polar surface area (TPSA) is 130 Å². The lowest BCUT2D eigenvalue weighted by Gasteiger charge is -2.19. The highest BCUT2D eigenvalue weighted by molar-refractivity contribution is 5.99. The van der Waals surface area contributed by atoms with Gasteiger partial charge < -0.3 is 16.4 Å². The Morgan fingerprint density at radius 2 is 2.03 bits per heavy atom. The largest absolute Gasteiger partial charge is 0.382 e. The molecule has 29 heavy (non-hydrogen) atoms. The molecular formula is C20H20FN7O. The number of aromatic nitrogens is 3. The summed E-state index contributed by atoms with van der Waals surface area (Å²) in [4.78, 5) is 25.1. The number of carbonyl (C=O) groups is 1. The first kappa shape index (κ1) is 19.9. The van der Waals surface area contributed by atoms with Crippen LogP contribution >= 0.6 is 0 Å². The maximum atomic E-state index is 14.3. The Hall–Kier alpha value is -3.80. The smallest absolute Gasteiger partial charge is 0.253 e. The fourth-order valence-electron chi connectivity index (χ4n) is 2.92. The Bertz CT molecular complexity index is 1120.